The molecule has 1 aromatic heterocycles. The fraction of sp³-hybridized carbons (Fsp3) is 0.468. The standard InChI is InChI=1S/C47H58N8O12/c1-29(2)44(53-39(58)10-4-3-5-22-55-41(60)18-19-42(55)61)37(57)24-31(8-6-21-49-47(48)65)45(63)51-32-13-11-30(12-14-32)27-67-43(62)20-15-33(56)26-50-40(59)28-66-34-16-17-36-35(25-34)46(64)54-23-7-9-38(54)52-36/h11-14,16-19,25,29,31,44H,3-10,15,20-24,26-28H2,1-2H3,(H,50,59)(H,51,63)(H,53,58)(H3,48,49,65)/t31-,44?/m1/s1. The fourth-order valence-electron chi connectivity index (χ4n) is 7.55. The van der Waals surface area contributed by atoms with Gasteiger partial charge < -0.3 is 36.5 Å². The zero-order chi connectivity index (χ0) is 48.5. The first-order chi connectivity index (χ1) is 32.1. The SMILES string of the molecule is CC(C)C(NC(=O)CCCCCN1C(=O)C=CC1=O)C(=O)C[C@@H](CCCNC(N)=O)C(=O)Nc1ccc(COC(=O)CCC(=O)CNC(=O)COc2ccc3nc4n(c(=O)c3c2)CCC4)cc1. The number of primary amides is 1. The van der Waals surface area contributed by atoms with Crippen molar-refractivity contribution < 1.29 is 52.6 Å². The van der Waals surface area contributed by atoms with Gasteiger partial charge in [-0.1, -0.05) is 32.4 Å². The van der Waals surface area contributed by atoms with Crippen molar-refractivity contribution in [2.24, 2.45) is 17.6 Å². The summed E-state index contributed by atoms with van der Waals surface area (Å²) in [7, 11) is 0. The average Bonchev–Trinajstić information content (AvgIpc) is 3.91. The predicted molar refractivity (Wildman–Crippen MR) is 243 cm³/mol. The molecule has 0 saturated heterocycles. The third kappa shape index (κ3) is 15.7. The first-order valence-electron chi connectivity index (χ1n) is 22.5. The summed E-state index contributed by atoms with van der Waals surface area (Å²) in [6.45, 7) is 3.80. The van der Waals surface area contributed by atoms with Gasteiger partial charge in [0, 0.05) is 69.1 Å². The van der Waals surface area contributed by atoms with E-state index in [1.165, 1.54) is 12.2 Å². The number of nitrogens with two attached hydrogens (primary N) is 1. The van der Waals surface area contributed by atoms with Gasteiger partial charge >= 0.3 is 12.0 Å². The molecule has 0 spiro atoms. The Bertz CT molecular complexity index is 2410. The Hall–Kier alpha value is -7.25. The Kier molecular flexibility index (Phi) is 18.8. The van der Waals surface area contributed by atoms with Crippen LogP contribution in [0.4, 0.5) is 10.5 Å². The molecular formula is C47H58N8O12. The smallest absolute Gasteiger partial charge is 0.312 e. The number of unbranched alkanes of at least 4 members (excludes halogenated alkanes) is 2. The van der Waals surface area contributed by atoms with Gasteiger partial charge in [0.1, 0.15) is 18.2 Å². The monoisotopic (exact) mass is 926 g/mol. The lowest BCUT2D eigenvalue weighted by molar-refractivity contribution is -0.146. The van der Waals surface area contributed by atoms with E-state index in [1.54, 1.807) is 60.9 Å². The van der Waals surface area contributed by atoms with Gasteiger partial charge in [-0.05, 0) is 73.9 Å². The molecule has 2 atom stereocenters. The molecule has 2 aliphatic heterocycles. The summed E-state index contributed by atoms with van der Waals surface area (Å²) in [5, 5.41) is 10.9. The second-order valence-corrected chi connectivity index (χ2v) is 16.8. The van der Waals surface area contributed by atoms with Gasteiger partial charge in [0.15, 0.2) is 18.2 Å². The predicted octanol–water partition coefficient (Wildman–Crippen LogP) is 2.52. The van der Waals surface area contributed by atoms with Crippen LogP contribution < -0.4 is 37.3 Å². The van der Waals surface area contributed by atoms with E-state index in [0.29, 0.717) is 60.1 Å². The summed E-state index contributed by atoms with van der Waals surface area (Å²) >= 11 is 0. The van der Waals surface area contributed by atoms with Crippen molar-refractivity contribution in [3.05, 3.63) is 76.4 Å². The molecule has 358 valence electrons. The number of anilines is 1. The summed E-state index contributed by atoms with van der Waals surface area (Å²) in [4.78, 5) is 130. The molecule has 3 heterocycles. The van der Waals surface area contributed by atoms with Crippen molar-refractivity contribution in [2.45, 2.75) is 104 Å². The Morgan fingerprint density at radius 1 is 0.851 bits per heavy atom. The Morgan fingerprint density at radius 2 is 1.60 bits per heavy atom. The summed E-state index contributed by atoms with van der Waals surface area (Å²) in [5.41, 5.74) is 6.58. The summed E-state index contributed by atoms with van der Waals surface area (Å²) in [5.74, 6) is -3.48. The summed E-state index contributed by atoms with van der Waals surface area (Å²) < 4.78 is 12.5. The Morgan fingerprint density at radius 3 is 2.31 bits per heavy atom. The largest absolute Gasteiger partial charge is 0.484 e. The second-order valence-electron chi connectivity index (χ2n) is 16.8. The van der Waals surface area contributed by atoms with E-state index < -0.39 is 48.2 Å². The number of imide groups is 1. The molecule has 7 amide bonds. The fourth-order valence-corrected chi connectivity index (χ4v) is 7.55. The number of aromatic nitrogens is 2. The van der Waals surface area contributed by atoms with Gasteiger partial charge in [0.2, 0.25) is 11.8 Å². The first kappa shape index (κ1) is 50.7. The minimum absolute atomic E-state index is 0.111. The maximum absolute atomic E-state index is 13.6. The molecule has 0 aliphatic carbocycles. The number of esters is 1. The molecule has 2 aliphatic rings. The van der Waals surface area contributed by atoms with E-state index in [-0.39, 0.29) is 93.3 Å². The van der Waals surface area contributed by atoms with Crippen LogP contribution in [0.3, 0.4) is 0 Å². The van der Waals surface area contributed by atoms with Crippen molar-refractivity contribution in [3.63, 3.8) is 0 Å². The lowest BCUT2D eigenvalue weighted by Crippen LogP contribution is -2.45. The molecule has 67 heavy (non-hydrogen) atoms. The highest BCUT2D eigenvalue weighted by Gasteiger charge is 2.30. The highest BCUT2D eigenvalue weighted by atomic mass is 16.5. The molecule has 1 unspecified atom stereocenters. The van der Waals surface area contributed by atoms with Gasteiger partial charge in [-0.3, -0.25) is 52.6 Å². The van der Waals surface area contributed by atoms with E-state index in [2.05, 4.69) is 26.3 Å². The number of aryl methyl sites for hydroxylation is 1. The number of ketones is 2. The zero-order valence-electron chi connectivity index (χ0n) is 37.8. The molecule has 0 saturated carbocycles. The van der Waals surface area contributed by atoms with Crippen LogP contribution in [-0.4, -0.2) is 99.8 Å². The summed E-state index contributed by atoms with van der Waals surface area (Å²) in [6.07, 6.45) is 5.76. The van der Waals surface area contributed by atoms with Crippen molar-refractivity contribution >= 4 is 69.7 Å². The number of carbonyl (C=O) groups excluding carboxylic acids is 9. The van der Waals surface area contributed by atoms with E-state index in [4.69, 9.17) is 15.2 Å². The van der Waals surface area contributed by atoms with Crippen molar-refractivity contribution in [3.8, 4) is 5.75 Å². The third-order valence-corrected chi connectivity index (χ3v) is 11.2. The highest BCUT2D eigenvalue weighted by molar-refractivity contribution is 6.12. The maximum Gasteiger partial charge on any atom is 0.312 e. The molecule has 5 rings (SSSR count). The van der Waals surface area contributed by atoms with Crippen LogP contribution in [-0.2, 0) is 62.7 Å². The van der Waals surface area contributed by atoms with Crippen molar-refractivity contribution in [2.75, 3.05) is 31.6 Å². The number of fused-ring (bicyclic) bond motifs is 2. The van der Waals surface area contributed by atoms with Gasteiger partial charge in [-0.25, -0.2) is 9.78 Å². The number of amides is 7. The number of carbonyl (C=O) groups is 9. The van der Waals surface area contributed by atoms with Crippen LogP contribution >= 0.6 is 0 Å². The van der Waals surface area contributed by atoms with E-state index in [9.17, 15) is 47.9 Å². The van der Waals surface area contributed by atoms with Crippen LogP contribution in [0.1, 0.15) is 89.4 Å². The molecule has 20 nitrogen and oxygen atoms in total. The number of benzene rings is 2. The highest BCUT2D eigenvalue weighted by Crippen LogP contribution is 2.22. The molecule has 6 N–H and O–H groups in total. The van der Waals surface area contributed by atoms with Gasteiger partial charge in [-0.2, -0.15) is 0 Å². The summed E-state index contributed by atoms with van der Waals surface area (Å²) in [6, 6.07) is 9.71. The Labute approximate surface area is 386 Å². The number of hydrogen-bond donors (Lipinski definition) is 5. The lowest BCUT2D eigenvalue weighted by atomic mass is 9.89. The van der Waals surface area contributed by atoms with Gasteiger partial charge in [-0.15, -0.1) is 0 Å². The van der Waals surface area contributed by atoms with E-state index in [0.717, 1.165) is 23.6 Å². The normalized spacial score (nSPS) is 13.8. The van der Waals surface area contributed by atoms with Crippen LogP contribution in [0.15, 0.2) is 59.4 Å². The second kappa shape index (κ2) is 24.9. The molecular weight excluding hydrogens is 869 g/mol. The number of rotatable bonds is 27. The quantitative estimate of drug-likeness (QED) is 0.0418. The number of urea groups is 1. The number of Topliss-reactive ketones (excluding diaryl/α,β-unsaturated/α-hetero) is 2. The number of hydrogen-bond acceptors (Lipinski definition) is 13. The van der Waals surface area contributed by atoms with E-state index in [1.807, 2.05) is 0 Å². The van der Waals surface area contributed by atoms with Crippen molar-refractivity contribution in [1.29, 1.82) is 0 Å². The number of ether oxygens (including phenoxy) is 2. The van der Waals surface area contributed by atoms with Crippen LogP contribution in [0.5, 0.6) is 5.75 Å². The number of nitrogens with zero attached hydrogens (tertiary/aromatic N) is 3. The van der Waals surface area contributed by atoms with Gasteiger partial charge in [0.05, 0.1) is 29.9 Å². The molecule has 0 fully saturated rings. The van der Waals surface area contributed by atoms with Crippen LogP contribution in [0.2, 0.25) is 0 Å². The third-order valence-electron chi connectivity index (χ3n) is 11.2. The zero-order valence-corrected chi connectivity index (χ0v) is 37.8. The Balaban J connectivity index is 1.01. The van der Waals surface area contributed by atoms with Gasteiger partial charge in [0.25, 0.3) is 23.3 Å². The lowest BCUT2D eigenvalue weighted by Gasteiger charge is -2.24. The molecule has 3 aromatic rings. The molecule has 20 heteroatoms. The minimum atomic E-state index is -0.861. The average molecular weight is 927 g/mol. The van der Waals surface area contributed by atoms with Crippen LogP contribution in [0, 0.1) is 11.8 Å². The first-order valence-corrected chi connectivity index (χ1v) is 22.5. The topological polar surface area (TPSA) is 284 Å². The van der Waals surface area contributed by atoms with E-state index >= 15 is 0 Å². The molecule has 0 radical (unpaired) electrons. The van der Waals surface area contributed by atoms with Crippen molar-refractivity contribution in [1.82, 2.24) is 30.4 Å². The number of nitrogens with one attached hydrogen (secondary N) is 4. The molecule has 0 bridgehead atoms. The maximum atomic E-state index is 13.6. The minimum Gasteiger partial charge on any atom is -0.484 e. The van der Waals surface area contributed by atoms with Crippen LogP contribution in [0.25, 0.3) is 10.9 Å². The molecule has 2 aromatic carbocycles.